The Balaban J connectivity index is 4.61. The van der Waals surface area contributed by atoms with Gasteiger partial charge in [-0.05, 0) is 71.0 Å². The molecule has 0 unspecified atom stereocenters. The van der Waals surface area contributed by atoms with Gasteiger partial charge in [-0.2, -0.15) is 0 Å². The summed E-state index contributed by atoms with van der Waals surface area (Å²) >= 11 is 0. The van der Waals surface area contributed by atoms with Crippen molar-refractivity contribution in [3.8, 4) is 0 Å². The van der Waals surface area contributed by atoms with Crippen LogP contribution < -0.4 is 0 Å². The van der Waals surface area contributed by atoms with E-state index < -0.39 is 19.0 Å². The molecule has 0 radical (unpaired) electrons. The molecule has 0 atom stereocenters. The van der Waals surface area contributed by atoms with Crippen LogP contribution in [0.4, 0.5) is 0 Å². The molecule has 0 rings (SSSR count). The smallest absolute Gasteiger partial charge is 0.145 e. The SMILES string of the molecule is CCCCCOC(CCCSSSSCCCC(OCCCCC)(OCCCCC)[SiH2]CCC)(OCCCCC)[SiH2]CCC. The molecule has 0 aromatic heterocycles. The zero-order chi connectivity index (χ0) is 32.5. The monoisotopic (exact) mass is 730 g/mol. The number of hydrogen-bond acceptors (Lipinski definition) is 8. The molecule has 44 heavy (non-hydrogen) atoms. The third kappa shape index (κ3) is 26.6. The third-order valence-electron chi connectivity index (χ3n) is 7.97. The fourth-order valence-corrected chi connectivity index (χ4v) is 15.2. The summed E-state index contributed by atoms with van der Waals surface area (Å²) in [6, 6.07) is 2.62. The molecule has 0 N–H and O–H groups in total. The minimum Gasteiger partial charge on any atom is -0.354 e. The van der Waals surface area contributed by atoms with Gasteiger partial charge < -0.3 is 18.9 Å². The van der Waals surface area contributed by atoms with E-state index in [1.165, 1.54) is 101 Å². The average Bonchev–Trinajstić information content (AvgIpc) is 3.04. The molecule has 0 aliphatic heterocycles. The van der Waals surface area contributed by atoms with Crippen LogP contribution in [-0.4, -0.2) is 67.8 Å². The van der Waals surface area contributed by atoms with Crippen LogP contribution in [0.2, 0.25) is 12.1 Å². The van der Waals surface area contributed by atoms with E-state index in [0.29, 0.717) is 0 Å². The lowest BCUT2D eigenvalue weighted by Crippen LogP contribution is -2.43. The van der Waals surface area contributed by atoms with Crippen molar-refractivity contribution >= 4 is 60.3 Å². The van der Waals surface area contributed by atoms with E-state index in [0.717, 1.165) is 65.0 Å². The van der Waals surface area contributed by atoms with Gasteiger partial charge in [0.25, 0.3) is 0 Å². The van der Waals surface area contributed by atoms with Gasteiger partial charge in [0.15, 0.2) is 0 Å². The molecule has 0 heterocycles. The molecule has 10 heteroatoms. The molecule has 0 amide bonds. The normalized spacial score (nSPS) is 13.0. The second-order valence-corrected chi connectivity index (χ2v) is 23.0. The van der Waals surface area contributed by atoms with Crippen molar-refractivity contribution in [2.45, 2.75) is 180 Å². The minimum atomic E-state index is -0.426. The molecule has 0 aliphatic rings. The highest BCUT2D eigenvalue weighted by molar-refractivity contribution is 9.26. The van der Waals surface area contributed by atoms with Crippen molar-refractivity contribution in [2.24, 2.45) is 0 Å². The van der Waals surface area contributed by atoms with E-state index in [9.17, 15) is 0 Å². The summed E-state index contributed by atoms with van der Waals surface area (Å²) < 4.78 is 26.4. The first kappa shape index (κ1) is 45.7. The lowest BCUT2D eigenvalue weighted by molar-refractivity contribution is -0.186. The maximum atomic E-state index is 6.61. The van der Waals surface area contributed by atoms with Crippen LogP contribution in [0.5, 0.6) is 0 Å². The Kier molecular flexibility index (Phi) is 35.8. The summed E-state index contributed by atoms with van der Waals surface area (Å²) in [6.45, 7) is 17.1. The highest BCUT2D eigenvalue weighted by Gasteiger charge is 2.32. The molecular formula is C34H74O4S4Si2. The fourth-order valence-electron chi connectivity index (χ4n) is 5.15. The summed E-state index contributed by atoms with van der Waals surface area (Å²) in [5.41, 5.74) is -0.481. The van der Waals surface area contributed by atoms with Crippen LogP contribution in [-0.2, 0) is 18.9 Å². The van der Waals surface area contributed by atoms with Gasteiger partial charge in [0, 0.05) is 37.9 Å². The first-order chi connectivity index (χ1) is 21.6. The minimum absolute atomic E-state index is 0.241. The number of hydrogen-bond donors (Lipinski definition) is 0. The second kappa shape index (κ2) is 34.5. The van der Waals surface area contributed by atoms with Crippen molar-refractivity contribution in [1.82, 2.24) is 0 Å². The van der Waals surface area contributed by atoms with Crippen LogP contribution in [0.15, 0.2) is 0 Å². The van der Waals surface area contributed by atoms with Gasteiger partial charge in [-0.3, -0.25) is 0 Å². The maximum Gasteiger partial charge on any atom is 0.145 e. The third-order valence-corrected chi connectivity index (χ3v) is 19.8. The van der Waals surface area contributed by atoms with Gasteiger partial charge in [0.2, 0.25) is 0 Å². The maximum absolute atomic E-state index is 6.61. The van der Waals surface area contributed by atoms with E-state index >= 15 is 0 Å². The number of ether oxygens (including phenoxy) is 4. The first-order valence-corrected chi connectivity index (χ1v) is 27.3. The highest BCUT2D eigenvalue weighted by Crippen LogP contribution is 2.44. The van der Waals surface area contributed by atoms with Crippen LogP contribution >= 0.6 is 41.2 Å². The lowest BCUT2D eigenvalue weighted by Gasteiger charge is -2.34. The Morgan fingerprint density at radius 2 is 0.727 bits per heavy atom. The summed E-state index contributed by atoms with van der Waals surface area (Å²) in [5.74, 6) is 2.33. The van der Waals surface area contributed by atoms with Gasteiger partial charge in [0.05, 0.1) is 19.0 Å². The molecule has 0 aromatic carbocycles. The Morgan fingerprint density at radius 3 is 1.00 bits per heavy atom. The standard InChI is InChI=1S/C34H74O4S4Si2/c1-7-13-17-25-35-33(43-31-11-5,36-26-18-14-8-2)23-21-29-39-41-42-40-30-22-24-34(44-32-12-6,37-27-19-15-9-3)38-28-20-16-10-4/h7-32,43-44H2,1-6H3. The number of rotatable bonds is 37. The topological polar surface area (TPSA) is 36.9 Å². The predicted molar refractivity (Wildman–Crippen MR) is 213 cm³/mol. The highest BCUT2D eigenvalue weighted by atomic mass is 33.7. The van der Waals surface area contributed by atoms with Crippen LogP contribution in [0.3, 0.4) is 0 Å². The molecule has 0 saturated carbocycles. The van der Waals surface area contributed by atoms with E-state index in [2.05, 4.69) is 41.5 Å². The van der Waals surface area contributed by atoms with Crippen molar-refractivity contribution < 1.29 is 18.9 Å². The zero-order valence-corrected chi connectivity index (χ0v) is 36.2. The lowest BCUT2D eigenvalue weighted by atomic mass is 10.2. The molecule has 0 spiro atoms. The van der Waals surface area contributed by atoms with Crippen LogP contribution in [0.25, 0.3) is 0 Å². The Bertz CT molecular complexity index is 509. The molecule has 0 aromatic rings. The summed E-state index contributed by atoms with van der Waals surface area (Å²) in [6.07, 6.45) is 21.6. The Hall–Kier alpha value is 1.67. The Labute approximate surface area is 295 Å². The second-order valence-electron chi connectivity index (χ2n) is 12.2. The molecular weight excluding hydrogens is 657 g/mol. The molecule has 0 saturated heterocycles. The van der Waals surface area contributed by atoms with Crippen molar-refractivity contribution in [2.75, 3.05) is 37.9 Å². The van der Waals surface area contributed by atoms with Crippen molar-refractivity contribution in [3.63, 3.8) is 0 Å². The van der Waals surface area contributed by atoms with Gasteiger partial charge in [0.1, 0.15) is 10.8 Å². The van der Waals surface area contributed by atoms with Crippen LogP contribution in [0.1, 0.15) is 157 Å². The zero-order valence-electron chi connectivity index (χ0n) is 30.1. The van der Waals surface area contributed by atoms with E-state index in [4.69, 9.17) is 18.9 Å². The number of unbranched alkanes of at least 4 members (excludes halogenated alkanes) is 8. The van der Waals surface area contributed by atoms with E-state index in [1.54, 1.807) is 0 Å². The van der Waals surface area contributed by atoms with Crippen molar-refractivity contribution in [1.29, 1.82) is 0 Å². The quantitative estimate of drug-likeness (QED) is 0.0271. The Morgan fingerprint density at radius 1 is 0.409 bits per heavy atom. The molecule has 0 fully saturated rings. The van der Waals surface area contributed by atoms with E-state index in [-0.39, 0.29) is 10.8 Å². The molecule has 0 aliphatic carbocycles. The van der Waals surface area contributed by atoms with Crippen molar-refractivity contribution in [3.05, 3.63) is 0 Å². The van der Waals surface area contributed by atoms with Gasteiger partial charge in [-0.25, -0.2) is 0 Å². The predicted octanol–water partition coefficient (Wildman–Crippen LogP) is 11.4. The molecule has 0 bridgehead atoms. The summed E-state index contributed by atoms with van der Waals surface area (Å²) in [4.78, 5) is 0. The first-order valence-electron chi connectivity index (χ1n) is 18.7. The summed E-state index contributed by atoms with van der Waals surface area (Å²) in [5, 5.41) is 0. The van der Waals surface area contributed by atoms with E-state index in [1.807, 2.05) is 41.2 Å². The average molecular weight is 731 g/mol. The largest absolute Gasteiger partial charge is 0.354 e. The van der Waals surface area contributed by atoms with Crippen LogP contribution in [0, 0.1) is 0 Å². The molecule has 266 valence electrons. The van der Waals surface area contributed by atoms with Gasteiger partial charge in [-0.1, -0.05) is 139 Å². The van der Waals surface area contributed by atoms with Gasteiger partial charge in [-0.15, -0.1) is 0 Å². The molecule has 4 nitrogen and oxygen atoms in total. The fraction of sp³-hybridized carbons (Fsp3) is 1.00. The van der Waals surface area contributed by atoms with Gasteiger partial charge >= 0.3 is 0 Å². The summed E-state index contributed by atoms with van der Waals surface area (Å²) in [7, 11) is 7.07.